The summed E-state index contributed by atoms with van der Waals surface area (Å²) in [6.45, 7) is 0.782. The molecule has 0 atom stereocenters. The maximum absolute atomic E-state index is 13.0. The largest absolute Gasteiger partial charge is 0.370 e. The number of anilines is 1. The van der Waals surface area contributed by atoms with Gasteiger partial charge in [-0.2, -0.15) is 0 Å². The summed E-state index contributed by atoms with van der Waals surface area (Å²) in [6.07, 6.45) is 4.10. The summed E-state index contributed by atoms with van der Waals surface area (Å²) in [5, 5.41) is 0. The van der Waals surface area contributed by atoms with Crippen LogP contribution in [0.4, 0.5) is 14.5 Å². The first kappa shape index (κ1) is 20.7. The lowest BCUT2D eigenvalue weighted by Gasteiger charge is -2.19. The first-order valence-electron chi connectivity index (χ1n) is 8.56. The summed E-state index contributed by atoms with van der Waals surface area (Å²) in [5.41, 5.74) is 3.16. The summed E-state index contributed by atoms with van der Waals surface area (Å²) < 4.78 is 25.6. The fourth-order valence-electron chi connectivity index (χ4n) is 2.65. The molecule has 0 aromatic heterocycles. The van der Waals surface area contributed by atoms with Gasteiger partial charge in [0.05, 0.1) is 0 Å². The highest BCUT2D eigenvalue weighted by Gasteiger charge is 2.13. The van der Waals surface area contributed by atoms with Crippen molar-refractivity contribution in [1.82, 2.24) is 0 Å². The molecule has 1 nitrogen and oxygen atoms in total. The van der Waals surface area contributed by atoms with Gasteiger partial charge < -0.3 is 4.90 Å². The third kappa shape index (κ3) is 6.54. The molecule has 0 spiro atoms. The minimum atomic E-state index is -0.197. The van der Waals surface area contributed by atoms with E-state index in [1.54, 1.807) is 24.3 Å². The fraction of sp³-hybridized carbons (Fsp3) is 0.130. The highest BCUT2D eigenvalue weighted by Crippen LogP contribution is 2.29. The molecular formula is C23H22ClF2N. The van der Waals surface area contributed by atoms with Gasteiger partial charge in [-0.05, 0) is 41.5 Å². The van der Waals surface area contributed by atoms with Crippen LogP contribution >= 0.6 is 12.4 Å². The van der Waals surface area contributed by atoms with Gasteiger partial charge in [-0.25, -0.2) is 8.78 Å². The molecule has 27 heavy (non-hydrogen) atoms. The summed E-state index contributed by atoms with van der Waals surface area (Å²) in [6, 6.07) is 23.5. The number of rotatable bonds is 4. The van der Waals surface area contributed by atoms with E-state index in [2.05, 4.69) is 24.3 Å². The molecule has 1 aliphatic carbocycles. The van der Waals surface area contributed by atoms with Gasteiger partial charge in [0.25, 0.3) is 0 Å². The third-order valence-corrected chi connectivity index (χ3v) is 4.13. The Morgan fingerprint density at radius 1 is 0.778 bits per heavy atom. The summed E-state index contributed by atoms with van der Waals surface area (Å²) in [5.74, 6) is 0.0688. The van der Waals surface area contributed by atoms with Crippen LogP contribution in [-0.4, -0.2) is 7.05 Å². The Hall–Kier alpha value is -2.65. The van der Waals surface area contributed by atoms with Gasteiger partial charge in [0.15, 0.2) is 0 Å². The molecule has 1 aliphatic rings. The van der Waals surface area contributed by atoms with E-state index in [-0.39, 0.29) is 24.0 Å². The van der Waals surface area contributed by atoms with Crippen LogP contribution in [0, 0.1) is 11.6 Å². The van der Waals surface area contributed by atoms with Crippen molar-refractivity contribution in [3.8, 4) is 0 Å². The number of hydrogen-bond donors (Lipinski definition) is 0. The maximum Gasteiger partial charge on any atom is 0.125 e. The van der Waals surface area contributed by atoms with Crippen LogP contribution in [0.25, 0.3) is 0 Å². The van der Waals surface area contributed by atoms with Gasteiger partial charge in [-0.1, -0.05) is 60.7 Å². The van der Waals surface area contributed by atoms with Crippen molar-refractivity contribution in [2.24, 2.45) is 0 Å². The topological polar surface area (TPSA) is 3.24 Å². The number of allylic oxidation sites excluding steroid dienone is 2. The maximum atomic E-state index is 13.0. The molecule has 0 saturated carbocycles. The molecule has 3 aromatic carbocycles. The fourth-order valence-corrected chi connectivity index (χ4v) is 2.65. The van der Waals surface area contributed by atoms with Crippen LogP contribution in [0.2, 0.25) is 0 Å². The van der Waals surface area contributed by atoms with E-state index < -0.39 is 0 Å². The molecular weight excluding hydrogens is 364 g/mol. The van der Waals surface area contributed by atoms with Gasteiger partial charge in [0.1, 0.15) is 11.6 Å². The molecule has 0 heterocycles. The van der Waals surface area contributed by atoms with Crippen LogP contribution < -0.4 is 4.90 Å². The van der Waals surface area contributed by atoms with Crippen molar-refractivity contribution < 1.29 is 8.78 Å². The Bertz CT molecular complexity index is 874. The standard InChI is InChI=1S/C14H14FN.C9H7F.ClH/c1-16(11-12-6-3-2-4-7-12)14-9-5-8-13(15)10-14;10-9-3-1-2-8(6-9)7-4-5-7;/h2-10H,11H2,1H3;1-7H;1H. The van der Waals surface area contributed by atoms with Gasteiger partial charge in [-0.15, -0.1) is 12.4 Å². The first-order chi connectivity index (χ1) is 12.6. The van der Waals surface area contributed by atoms with E-state index in [1.807, 2.05) is 42.3 Å². The molecule has 140 valence electrons. The number of hydrogen-bond acceptors (Lipinski definition) is 1. The zero-order valence-electron chi connectivity index (χ0n) is 15.1. The zero-order valence-corrected chi connectivity index (χ0v) is 15.9. The van der Waals surface area contributed by atoms with Crippen LogP contribution in [0.15, 0.2) is 91.0 Å². The average molecular weight is 386 g/mol. The normalized spacial score (nSPS) is 11.8. The molecule has 0 bridgehead atoms. The first-order valence-corrected chi connectivity index (χ1v) is 8.56. The average Bonchev–Trinajstić information content (AvgIpc) is 3.48. The van der Waals surface area contributed by atoms with Crippen LogP contribution in [0.3, 0.4) is 0 Å². The van der Waals surface area contributed by atoms with E-state index in [9.17, 15) is 8.78 Å². The zero-order chi connectivity index (χ0) is 18.4. The third-order valence-electron chi connectivity index (χ3n) is 4.13. The lowest BCUT2D eigenvalue weighted by Crippen LogP contribution is -2.16. The highest BCUT2D eigenvalue weighted by molar-refractivity contribution is 5.85. The highest BCUT2D eigenvalue weighted by atomic mass is 35.5. The molecule has 0 radical (unpaired) electrons. The Labute approximate surface area is 165 Å². The number of nitrogens with zero attached hydrogens (tertiary/aromatic N) is 1. The Morgan fingerprint density at radius 3 is 2.00 bits per heavy atom. The van der Waals surface area contributed by atoms with Gasteiger partial charge in [0, 0.05) is 25.2 Å². The molecule has 0 aliphatic heterocycles. The Balaban J connectivity index is 0.000000205. The second-order valence-corrected chi connectivity index (χ2v) is 6.29. The molecule has 0 amide bonds. The summed E-state index contributed by atoms with van der Waals surface area (Å²) >= 11 is 0. The van der Waals surface area contributed by atoms with Gasteiger partial charge in [-0.3, -0.25) is 0 Å². The smallest absolute Gasteiger partial charge is 0.125 e. The second kappa shape index (κ2) is 9.89. The molecule has 4 rings (SSSR count). The summed E-state index contributed by atoms with van der Waals surface area (Å²) in [7, 11) is 1.96. The predicted molar refractivity (Wildman–Crippen MR) is 110 cm³/mol. The lowest BCUT2D eigenvalue weighted by atomic mass is 10.1. The van der Waals surface area contributed by atoms with Gasteiger partial charge in [0.2, 0.25) is 0 Å². The molecule has 0 N–H and O–H groups in total. The monoisotopic (exact) mass is 385 g/mol. The molecule has 0 saturated heterocycles. The quantitative estimate of drug-likeness (QED) is 0.472. The lowest BCUT2D eigenvalue weighted by molar-refractivity contribution is 0.626. The van der Waals surface area contributed by atoms with Crippen molar-refractivity contribution in [3.05, 3.63) is 114 Å². The van der Waals surface area contributed by atoms with Crippen LogP contribution in [0.5, 0.6) is 0 Å². The van der Waals surface area contributed by atoms with E-state index in [0.29, 0.717) is 5.92 Å². The predicted octanol–water partition coefficient (Wildman–Crippen LogP) is 6.36. The SMILES string of the molecule is CN(Cc1ccccc1)c1cccc(F)c1.Cl.Fc1cccc(C2C=C2)c1. The molecule has 4 heteroatoms. The van der Waals surface area contributed by atoms with Crippen molar-refractivity contribution >= 4 is 18.1 Å². The van der Waals surface area contributed by atoms with Gasteiger partial charge >= 0.3 is 0 Å². The molecule has 0 fully saturated rings. The number of halogens is 3. The van der Waals surface area contributed by atoms with Crippen molar-refractivity contribution in [2.45, 2.75) is 12.5 Å². The van der Waals surface area contributed by atoms with Crippen LogP contribution in [0.1, 0.15) is 17.0 Å². The summed E-state index contributed by atoms with van der Waals surface area (Å²) in [4.78, 5) is 2.03. The van der Waals surface area contributed by atoms with Crippen molar-refractivity contribution in [1.29, 1.82) is 0 Å². The molecule has 3 aromatic rings. The van der Waals surface area contributed by atoms with E-state index in [4.69, 9.17) is 0 Å². The van der Waals surface area contributed by atoms with Crippen molar-refractivity contribution in [3.63, 3.8) is 0 Å². The van der Waals surface area contributed by atoms with E-state index in [1.165, 1.54) is 17.7 Å². The second-order valence-electron chi connectivity index (χ2n) is 6.29. The Morgan fingerprint density at radius 2 is 1.41 bits per heavy atom. The van der Waals surface area contributed by atoms with Crippen LogP contribution in [-0.2, 0) is 6.54 Å². The van der Waals surface area contributed by atoms with Crippen molar-refractivity contribution in [2.75, 3.05) is 11.9 Å². The minimum Gasteiger partial charge on any atom is -0.370 e. The molecule has 0 unspecified atom stereocenters. The number of benzene rings is 3. The minimum absolute atomic E-state index is 0. The Kier molecular flexibility index (Phi) is 7.56. The van der Waals surface area contributed by atoms with E-state index in [0.717, 1.165) is 17.8 Å². The van der Waals surface area contributed by atoms with E-state index >= 15 is 0 Å².